The zero-order valence-corrected chi connectivity index (χ0v) is 16.3. The summed E-state index contributed by atoms with van der Waals surface area (Å²) >= 11 is 7.71. The van der Waals surface area contributed by atoms with E-state index in [1.54, 1.807) is 0 Å². The molecule has 2 fully saturated rings. The van der Waals surface area contributed by atoms with Gasteiger partial charge in [-0.3, -0.25) is 9.47 Å². The van der Waals surface area contributed by atoms with Gasteiger partial charge in [0.05, 0.1) is 6.67 Å². The number of likely N-dealkylation sites (tertiary alicyclic amines) is 1. The van der Waals surface area contributed by atoms with Gasteiger partial charge >= 0.3 is 0 Å². The Labute approximate surface area is 162 Å². The first kappa shape index (κ1) is 16.4. The van der Waals surface area contributed by atoms with Crippen molar-refractivity contribution in [2.45, 2.75) is 44.3 Å². The first-order chi connectivity index (χ1) is 12.8. The van der Waals surface area contributed by atoms with Crippen molar-refractivity contribution in [2.24, 2.45) is 0 Å². The lowest BCUT2D eigenvalue weighted by Crippen LogP contribution is -2.26. The molecular weight excluding hydrogens is 360 g/mol. The summed E-state index contributed by atoms with van der Waals surface area (Å²) in [4.78, 5) is 3.99. The molecule has 3 heterocycles. The van der Waals surface area contributed by atoms with Gasteiger partial charge in [0.1, 0.15) is 5.82 Å². The maximum absolute atomic E-state index is 5.85. The number of thiophene rings is 1. The number of nitrogens with zero attached hydrogens (tertiary/aromatic N) is 4. The number of para-hydroxylation sites is 1. The topological polar surface area (TPSA) is 26.0 Å². The van der Waals surface area contributed by atoms with Crippen molar-refractivity contribution in [1.29, 1.82) is 0 Å². The van der Waals surface area contributed by atoms with Crippen molar-refractivity contribution >= 4 is 23.6 Å². The molecule has 1 saturated carbocycles. The molecule has 26 heavy (non-hydrogen) atoms. The molecular formula is C20H22N4S2. The number of hydrogen-bond donors (Lipinski definition) is 0. The van der Waals surface area contributed by atoms with E-state index >= 15 is 0 Å². The first-order valence-corrected chi connectivity index (χ1v) is 10.6. The zero-order chi connectivity index (χ0) is 17.5. The number of benzene rings is 1. The highest BCUT2D eigenvalue weighted by Gasteiger charge is 2.32. The Morgan fingerprint density at radius 3 is 2.65 bits per heavy atom. The lowest BCUT2D eigenvalue weighted by molar-refractivity contribution is 0.192. The third-order valence-corrected chi connectivity index (χ3v) is 6.74. The van der Waals surface area contributed by atoms with Crippen LogP contribution in [0, 0.1) is 4.77 Å². The smallest absolute Gasteiger partial charge is 0.203 e. The Bertz CT molecular complexity index is 938. The van der Waals surface area contributed by atoms with Gasteiger partial charge in [-0.05, 0) is 61.5 Å². The van der Waals surface area contributed by atoms with E-state index in [4.69, 9.17) is 17.3 Å². The minimum absolute atomic E-state index is 0.503. The Kier molecular flexibility index (Phi) is 4.27. The highest BCUT2D eigenvalue weighted by Crippen LogP contribution is 2.40. The van der Waals surface area contributed by atoms with Crippen LogP contribution in [0.15, 0.2) is 47.8 Å². The van der Waals surface area contributed by atoms with Crippen LogP contribution in [0.4, 0.5) is 0 Å². The zero-order valence-electron chi connectivity index (χ0n) is 14.6. The third kappa shape index (κ3) is 2.96. The van der Waals surface area contributed by atoms with E-state index in [9.17, 15) is 0 Å². The largest absolute Gasteiger partial charge is 0.276 e. The predicted molar refractivity (Wildman–Crippen MR) is 107 cm³/mol. The number of hydrogen-bond acceptors (Lipinski definition) is 4. The lowest BCUT2D eigenvalue weighted by atomic mass is 10.2. The second kappa shape index (κ2) is 6.76. The molecule has 1 aliphatic carbocycles. The van der Waals surface area contributed by atoms with Gasteiger partial charge in [0, 0.05) is 29.1 Å². The molecule has 134 valence electrons. The van der Waals surface area contributed by atoms with Gasteiger partial charge in [0.25, 0.3) is 0 Å². The van der Waals surface area contributed by atoms with Crippen LogP contribution >= 0.6 is 23.6 Å². The Balaban J connectivity index is 1.49. The van der Waals surface area contributed by atoms with Gasteiger partial charge in [-0.25, -0.2) is 4.68 Å². The molecule has 1 aromatic carbocycles. The second-order valence-corrected chi connectivity index (χ2v) is 8.56. The monoisotopic (exact) mass is 382 g/mol. The fourth-order valence-corrected chi connectivity index (χ4v) is 5.11. The lowest BCUT2D eigenvalue weighted by Gasteiger charge is -2.23. The van der Waals surface area contributed by atoms with E-state index in [2.05, 4.69) is 51.2 Å². The van der Waals surface area contributed by atoms with Crippen molar-refractivity contribution in [3.63, 3.8) is 0 Å². The molecule has 0 radical (unpaired) electrons. The maximum atomic E-state index is 5.85. The molecule has 0 spiro atoms. The van der Waals surface area contributed by atoms with Crippen molar-refractivity contribution in [3.8, 4) is 5.69 Å². The first-order valence-electron chi connectivity index (χ1n) is 9.34. The molecule has 6 heteroatoms. The normalized spacial score (nSPS) is 20.7. The summed E-state index contributed by atoms with van der Waals surface area (Å²) in [5.74, 6) is 1.69. The average molecular weight is 383 g/mol. The SMILES string of the molecule is S=c1n(CN2CCC[C@@H]2c2cccs2)nc(C2CC2)n1-c1ccccc1. The summed E-state index contributed by atoms with van der Waals surface area (Å²) in [6, 6.07) is 15.3. The van der Waals surface area contributed by atoms with Gasteiger partial charge in [-0.15, -0.1) is 11.3 Å². The molecule has 0 unspecified atom stereocenters. The van der Waals surface area contributed by atoms with E-state index in [1.807, 2.05) is 22.1 Å². The Hall–Kier alpha value is -1.76. The minimum atomic E-state index is 0.503. The average Bonchev–Trinajstić information content (AvgIpc) is 3.06. The molecule has 0 amide bonds. The van der Waals surface area contributed by atoms with Crippen molar-refractivity contribution in [1.82, 2.24) is 19.2 Å². The maximum Gasteiger partial charge on any atom is 0.203 e. The van der Waals surface area contributed by atoms with Gasteiger partial charge in [-0.1, -0.05) is 24.3 Å². The Morgan fingerprint density at radius 1 is 1.08 bits per heavy atom. The quantitative estimate of drug-likeness (QED) is 0.572. The molecule has 1 saturated heterocycles. The predicted octanol–water partition coefficient (Wildman–Crippen LogP) is 5.14. The summed E-state index contributed by atoms with van der Waals surface area (Å²) in [6.07, 6.45) is 4.91. The molecule has 2 aliphatic rings. The summed E-state index contributed by atoms with van der Waals surface area (Å²) in [6.45, 7) is 1.89. The van der Waals surface area contributed by atoms with E-state index in [1.165, 1.54) is 30.6 Å². The van der Waals surface area contributed by atoms with Gasteiger partial charge in [-0.2, -0.15) is 5.10 Å². The Morgan fingerprint density at radius 2 is 1.92 bits per heavy atom. The molecule has 3 aromatic rings. The summed E-state index contributed by atoms with van der Waals surface area (Å²) < 4.78 is 5.04. The fraction of sp³-hybridized carbons (Fsp3) is 0.400. The summed E-state index contributed by atoms with van der Waals surface area (Å²) in [5, 5.41) is 7.14. The molecule has 4 nitrogen and oxygen atoms in total. The van der Waals surface area contributed by atoms with Gasteiger partial charge in [0.15, 0.2) is 0 Å². The number of rotatable bonds is 5. The number of aromatic nitrogens is 3. The van der Waals surface area contributed by atoms with Crippen LogP contribution < -0.4 is 0 Å². The van der Waals surface area contributed by atoms with Crippen LogP contribution in [-0.2, 0) is 6.67 Å². The standard InChI is InChI=1S/C20H22N4S2/c25-20-23(14-22-12-4-8-17(22)18-9-5-13-26-18)21-19(15-10-11-15)24(20)16-6-2-1-3-7-16/h1-3,5-7,9,13,15,17H,4,8,10-12,14H2/t17-/m1/s1. The summed E-state index contributed by atoms with van der Waals surface area (Å²) in [7, 11) is 0. The van der Waals surface area contributed by atoms with Crippen molar-refractivity contribution in [2.75, 3.05) is 6.54 Å². The molecule has 1 aliphatic heterocycles. The molecule has 0 N–H and O–H groups in total. The van der Waals surface area contributed by atoms with E-state index in [0.29, 0.717) is 12.0 Å². The van der Waals surface area contributed by atoms with Crippen molar-refractivity contribution in [3.05, 3.63) is 63.3 Å². The van der Waals surface area contributed by atoms with E-state index in [-0.39, 0.29) is 0 Å². The van der Waals surface area contributed by atoms with Gasteiger partial charge < -0.3 is 0 Å². The second-order valence-electron chi connectivity index (χ2n) is 7.21. The molecule has 2 aromatic heterocycles. The van der Waals surface area contributed by atoms with Gasteiger partial charge in [0.2, 0.25) is 4.77 Å². The fourth-order valence-electron chi connectivity index (χ4n) is 3.91. The molecule has 0 bridgehead atoms. The highest BCUT2D eigenvalue weighted by molar-refractivity contribution is 7.71. The van der Waals surface area contributed by atoms with E-state index < -0.39 is 0 Å². The third-order valence-electron chi connectivity index (χ3n) is 5.37. The van der Waals surface area contributed by atoms with Crippen LogP contribution in [0.2, 0.25) is 0 Å². The van der Waals surface area contributed by atoms with Crippen LogP contribution in [-0.4, -0.2) is 25.8 Å². The van der Waals surface area contributed by atoms with E-state index in [0.717, 1.165) is 29.5 Å². The minimum Gasteiger partial charge on any atom is -0.276 e. The van der Waals surface area contributed by atoms with Crippen LogP contribution in [0.1, 0.15) is 48.3 Å². The molecule has 1 atom stereocenters. The summed E-state index contributed by atoms with van der Waals surface area (Å²) in [5.41, 5.74) is 1.13. The molecule has 5 rings (SSSR count). The van der Waals surface area contributed by atoms with Crippen molar-refractivity contribution < 1.29 is 0 Å². The van der Waals surface area contributed by atoms with Crippen LogP contribution in [0.3, 0.4) is 0 Å². The highest BCUT2D eigenvalue weighted by atomic mass is 32.1. The van der Waals surface area contributed by atoms with Crippen LogP contribution in [0.5, 0.6) is 0 Å². The van der Waals surface area contributed by atoms with Crippen LogP contribution in [0.25, 0.3) is 5.69 Å².